The molecule has 2 saturated heterocycles. The van der Waals surface area contributed by atoms with Gasteiger partial charge in [0, 0.05) is 40.5 Å². The summed E-state index contributed by atoms with van der Waals surface area (Å²) >= 11 is 0. The van der Waals surface area contributed by atoms with Gasteiger partial charge < -0.3 is 24.3 Å². The topological polar surface area (TPSA) is 155 Å². The molecular formula is C19H26N2O10. The Balaban J connectivity index is 2.42. The van der Waals surface area contributed by atoms with E-state index in [0.29, 0.717) is 0 Å². The van der Waals surface area contributed by atoms with Gasteiger partial charge in [-0.1, -0.05) is 0 Å². The van der Waals surface area contributed by atoms with Crippen LogP contribution in [0.1, 0.15) is 40.5 Å². The summed E-state index contributed by atoms with van der Waals surface area (Å²) in [4.78, 5) is 71.8. The van der Waals surface area contributed by atoms with E-state index in [0.717, 1.165) is 18.7 Å². The highest BCUT2D eigenvalue weighted by molar-refractivity contribution is 6.01. The van der Waals surface area contributed by atoms with E-state index in [1.54, 1.807) is 0 Å². The summed E-state index contributed by atoms with van der Waals surface area (Å²) in [5, 5.41) is 2.59. The van der Waals surface area contributed by atoms with Crippen LogP contribution < -0.4 is 5.32 Å². The first kappa shape index (κ1) is 24.3. The molecule has 2 fully saturated rings. The first-order valence-corrected chi connectivity index (χ1v) is 9.73. The molecule has 12 nitrogen and oxygen atoms in total. The second-order valence-electron chi connectivity index (χ2n) is 7.29. The van der Waals surface area contributed by atoms with Crippen molar-refractivity contribution >= 4 is 35.6 Å². The van der Waals surface area contributed by atoms with E-state index in [4.69, 9.17) is 18.9 Å². The lowest BCUT2D eigenvalue weighted by Crippen LogP contribution is -2.68. The molecule has 0 aromatic carbocycles. The van der Waals surface area contributed by atoms with Crippen molar-refractivity contribution in [3.8, 4) is 0 Å². The lowest BCUT2D eigenvalue weighted by atomic mass is 9.91. The van der Waals surface area contributed by atoms with Crippen LogP contribution in [0.3, 0.4) is 0 Å². The molecule has 5 unspecified atom stereocenters. The third-order valence-electron chi connectivity index (χ3n) is 4.74. The van der Waals surface area contributed by atoms with Crippen molar-refractivity contribution in [2.75, 3.05) is 13.2 Å². The van der Waals surface area contributed by atoms with Crippen molar-refractivity contribution in [2.45, 2.75) is 71.0 Å². The molecule has 3 amide bonds. The fourth-order valence-electron chi connectivity index (χ4n) is 3.59. The largest absolute Gasteiger partial charge is 0.463 e. The maximum atomic E-state index is 12.1. The number of nitrogens with one attached hydrogen (secondary N) is 1. The summed E-state index contributed by atoms with van der Waals surface area (Å²) in [5.74, 6) is -3.38. The first-order chi connectivity index (χ1) is 14.5. The minimum atomic E-state index is -1.22. The van der Waals surface area contributed by atoms with Crippen molar-refractivity contribution in [3.63, 3.8) is 0 Å². The number of rotatable bonds is 7. The average Bonchev–Trinajstić information content (AvgIpc) is 2.95. The molecular weight excluding hydrogens is 416 g/mol. The summed E-state index contributed by atoms with van der Waals surface area (Å²) in [6.45, 7) is 4.08. The van der Waals surface area contributed by atoms with Gasteiger partial charge in [-0.2, -0.15) is 0 Å². The van der Waals surface area contributed by atoms with Crippen LogP contribution in [0.5, 0.6) is 0 Å². The van der Waals surface area contributed by atoms with Gasteiger partial charge in [0.2, 0.25) is 17.7 Å². The second-order valence-corrected chi connectivity index (χ2v) is 7.29. The van der Waals surface area contributed by atoms with Crippen LogP contribution in [-0.4, -0.2) is 84.1 Å². The van der Waals surface area contributed by atoms with Crippen LogP contribution in [0.25, 0.3) is 0 Å². The Morgan fingerprint density at radius 1 is 0.903 bits per heavy atom. The van der Waals surface area contributed by atoms with E-state index < -0.39 is 66.1 Å². The molecule has 0 radical (unpaired) electrons. The Morgan fingerprint density at radius 2 is 1.45 bits per heavy atom. The second kappa shape index (κ2) is 10.3. The van der Waals surface area contributed by atoms with Crippen LogP contribution in [0, 0.1) is 0 Å². The zero-order valence-electron chi connectivity index (χ0n) is 17.7. The minimum Gasteiger partial charge on any atom is -0.463 e. The number of hydrogen-bond donors (Lipinski definition) is 1. The van der Waals surface area contributed by atoms with Crippen LogP contribution in [0.2, 0.25) is 0 Å². The first-order valence-electron chi connectivity index (χ1n) is 9.73. The molecule has 2 rings (SSSR count). The zero-order valence-corrected chi connectivity index (χ0v) is 17.7. The fourth-order valence-corrected chi connectivity index (χ4v) is 3.59. The number of amides is 3. The van der Waals surface area contributed by atoms with Crippen molar-refractivity contribution in [1.82, 2.24) is 10.2 Å². The summed E-state index contributed by atoms with van der Waals surface area (Å²) in [6, 6.07) is -1.06. The molecule has 2 aliphatic rings. The van der Waals surface area contributed by atoms with E-state index >= 15 is 0 Å². The SMILES string of the molecule is CC(=O)NC1C(CN2C(=O)CCC2=O)OC(COC(C)=O)C(OC(C)=O)C1OC(C)=O. The molecule has 31 heavy (non-hydrogen) atoms. The Morgan fingerprint density at radius 3 is 1.94 bits per heavy atom. The lowest BCUT2D eigenvalue weighted by molar-refractivity contribution is -0.225. The Hall–Kier alpha value is -3.02. The number of esters is 3. The number of likely N-dealkylation sites (tertiary alicyclic amines) is 1. The van der Waals surface area contributed by atoms with Crippen molar-refractivity contribution in [1.29, 1.82) is 0 Å². The molecule has 5 atom stereocenters. The predicted octanol–water partition coefficient (Wildman–Crippen LogP) is -1.17. The highest BCUT2D eigenvalue weighted by Crippen LogP contribution is 2.29. The third-order valence-corrected chi connectivity index (χ3v) is 4.74. The number of hydrogen-bond acceptors (Lipinski definition) is 10. The predicted molar refractivity (Wildman–Crippen MR) is 100.0 cm³/mol. The maximum absolute atomic E-state index is 12.1. The molecule has 0 aliphatic carbocycles. The summed E-state index contributed by atoms with van der Waals surface area (Å²) in [5.41, 5.74) is 0. The minimum absolute atomic E-state index is 0.0523. The van der Waals surface area contributed by atoms with E-state index in [9.17, 15) is 28.8 Å². The van der Waals surface area contributed by atoms with Gasteiger partial charge in [-0.3, -0.25) is 33.7 Å². The van der Waals surface area contributed by atoms with Crippen LogP contribution in [-0.2, 0) is 47.7 Å². The number of imide groups is 1. The van der Waals surface area contributed by atoms with Crippen LogP contribution in [0.4, 0.5) is 0 Å². The maximum Gasteiger partial charge on any atom is 0.303 e. The highest BCUT2D eigenvalue weighted by Gasteiger charge is 2.51. The van der Waals surface area contributed by atoms with Gasteiger partial charge in [0.1, 0.15) is 18.8 Å². The number of carbonyl (C=O) groups is 6. The monoisotopic (exact) mass is 442 g/mol. The normalized spacial score (nSPS) is 28.1. The van der Waals surface area contributed by atoms with Crippen molar-refractivity contribution < 1.29 is 47.7 Å². The van der Waals surface area contributed by atoms with E-state index in [1.807, 2.05) is 0 Å². The van der Waals surface area contributed by atoms with Gasteiger partial charge in [0.05, 0.1) is 12.6 Å². The molecule has 0 spiro atoms. The molecule has 2 heterocycles. The Labute approximate surface area is 178 Å². The molecule has 2 aliphatic heterocycles. The van der Waals surface area contributed by atoms with Gasteiger partial charge in [-0.05, 0) is 0 Å². The summed E-state index contributed by atoms with van der Waals surface area (Å²) in [6.07, 6.45) is -4.45. The van der Waals surface area contributed by atoms with Gasteiger partial charge in [-0.25, -0.2) is 0 Å². The van der Waals surface area contributed by atoms with Gasteiger partial charge in [-0.15, -0.1) is 0 Å². The highest BCUT2D eigenvalue weighted by atomic mass is 16.6. The third kappa shape index (κ3) is 6.48. The lowest BCUT2D eigenvalue weighted by Gasteiger charge is -2.46. The fraction of sp³-hybridized carbons (Fsp3) is 0.684. The molecule has 0 aromatic rings. The van der Waals surface area contributed by atoms with E-state index in [1.165, 1.54) is 13.8 Å². The molecule has 0 aromatic heterocycles. The molecule has 0 bridgehead atoms. The van der Waals surface area contributed by atoms with E-state index in [-0.39, 0.29) is 26.0 Å². The number of ether oxygens (including phenoxy) is 4. The van der Waals surface area contributed by atoms with Crippen LogP contribution >= 0.6 is 0 Å². The Bertz CT molecular complexity index is 751. The average molecular weight is 442 g/mol. The van der Waals surface area contributed by atoms with Gasteiger partial charge in [0.15, 0.2) is 12.2 Å². The smallest absolute Gasteiger partial charge is 0.303 e. The van der Waals surface area contributed by atoms with Crippen molar-refractivity contribution in [2.24, 2.45) is 0 Å². The summed E-state index contributed by atoms with van der Waals surface area (Å²) < 4.78 is 21.6. The number of nitrogens with zero attached hydrogens (tertiary/aromatic N) is 1. The van der Waals surface area contributed by atoms with Gasteiger partial charge in [0.25, 0.3) is 0 Å². The standard InChI is InChI=1S/C19H26N2O10/c1-9(22)20-17-13(7-21-15(26)5-6-16(21)27)31-14(8-28-10(2)23)18(29-11(3)24)19(17)30-12(4)25/h13-14,17-19H,5-8H2,1-4H3,(H,20,22). The van der Waals surface area contributed by atoms with Gasteiger partial charge >= 0.3 is 17.9 Å². The van der Waals surface area contributed by atoms with Crippen molar-refractivity contribution in [3.05, 3.63) is 0 Å². The molecule has 1 N–H and O–H groups in total. The quantitative estimate of drug-likeness (QED) is 0.290. The Kier molecular flexibility index (Phi) is 8.08. The molecule has 0 saturated carbocycles. The number of carbonyl (C=O) groups excluding carboxylic acids is 6. The molecule has 172 valence electrons. The zero-order chi connectivity index (χ0) is 23.3. The van der Waals surface area contributed by atoms with Crippen LogP contribution in [0.15, 0.2) is 0 Å². The summed E-state index contributed by atoms with van der Waals surface area (Å²) in [7, 11) is 0. The molecule has 12 heteroatoms. The van der Waals surface area contributed by atoms with E-state index in [2.05, 4.69) is 5.32 Å².